The lowest BCUT2D eigenvalue weighted by molar-refractivity contribution is 0.306. The summed E-state index contributed by atoms with van der Waals surface area (Å²) < 4.78 is 13.2. The second-order valence-electron chi connectivity index (χ2n) is 8.81. The van der Waals surface area contributed by atoms with Gasteiger partial charge in [0.15, 0.2) is 5.76 Å². The minimum Gasteiger partial charge on any atom is -0.489 e. The van der Waals surface area contributed by atoms with Crippen LogP contribution in [-0.2, 0) is 6.61 Å². The summed E-state index contributed by atoms with van der Waals surface area (Å²) >= 11 is 0. The number of nitrogens with zero attached hydrogens (tertiary/aromatic N) is 3. The first-order chi connectivity index (χ1) is 18.1. The summed E-state index contributed by atoms with van der Waals surface area (Å²) in [5, 5.41) is 5.93. The Balaban J connectivity index is 1.31. The summed E-state index contributed by atoms with van der Waals surface area (Å²) in [5.74, 6) is 1.57. The highest BCUT2D eigenvalue weighted by Crippen LogP contribution is 2.27. The molecule has 0 amide bonds. The monoisotopic (exact) mass is 485 g/mol. The third-order valence-electron chi connectivity index (χ3n) is 6.13. The minimum atomic E-state index is -0.268. The fraction of sp³-hybridized carbons (Fsp3) is 0.0645. The van der Waals surface area contributed by atoms with Crippen molar-refractivity contribution >= 4 is 28.1 Å². The number of fused-ring (bicyclic) bond motifs is 2. The molecule has 6 nitrogen and oxygen atoms in total. The summed E-state index contributed by atoms with van der Waals surface area (Å²) in [6, 6.07) is 32.6. The quantitative estimate of drug-likeness (QED) is 0.250. The lowest BCUT2D eigenvalue weighted by atomic mass is 10.2. The smallest absolute Gasteiger partial charge is 0.282 e. The fourth-order valence-corrected chi connectivity index (χ4v) is 4.11. The van der Waals surface area contributed by atoms with Crippen LogP contribution in [0, 0.1) is 6.92 Å². The Morgan fingerprint density at radius 1 is 0.919 bits per heavy atom. The molecule has 0 aliphatic heterocycles. The summed E-state index contributed by atoms with van der Waals surface area (Å²) in [5.41, 5.74) is 4.18. The van der Waals surface area contributed by atoms with Crippen LogP contribution >= 0.6 is 0 Å². The van der Waals surface area contributed by atoms with Crippen molar-refractivity contribution < 1.29 is 9.15 Å². The van der Waals surface area contributed by atoms with Gasteiger partial charge in [-0.25, -0.2) is 4.98 Å². The molecule has 0 atom stereocenters. The Hall–Kier alpha value is -4.97. The predicted octanol–water partition coefficient (Wildman–Crippen LogP) is 6.58. The molecule has 0 bridgehead atoms. The van der Waals surface area contributed by atoms with Gasteiger partial charge in [0.1, 0.15) is 17.9 Å². The fourth-order valence-electron chi connectivity index (χ4n) is 4.11. The zero-order valence-electron chi connectivity index (χ0n) is 20.2. The van der Waals surface area contributed by atoms with E-state index in [-0.39, 0.29) is 5.56 Å². The number of aryl methyl sites for hydroxylation is 1. The van der Waals surface area contributed by atoms with Crippen molar-refractivity contribution in [3.63, 3.8) is 0 Å². The van der Waals surface area contributed by atoms with E-state index in [0.29, 0.717) is 29.1 Å². The van der Waals surface area contributed by atoms with Gasteiger partial charge < -0.3 is 9.15 Å². The molecule has 2 aromatic heterocycles. The topological polar surface area (TPSA) is 69.6 Å². The first-order valence-electron chi connectivity index (χ1n) is 12.0. The normalized spacial score (nSPS) is 11.5. The van der Waals surface area contributed by atoms with Crippen molar-refractivity contribution in [2.75, 3.05) is 0 Å². The molecule has 4 aromatic carbocycles. The van der Waals surface area contributed by atoms with E-state index in [9.17, 15) is 4.79 Å². The molecule has 6 heteroatoms. The zero-order valence-corrected chi connectivity index (χ0v) is 20.2. The molecule has 37 heavy (non-hydrogen) atoms. The van der Waals surface area contributed by atoms with Crippen LogP contribution in [0.3, 0.4) is 0 Å². The number of furan rings is 1. The lowest BCUT2D eigenvalue weighted by Gasteiger charge is -2.08. The van der Waals surface area contributed by atoms with E-state index in [4.69, 9.17) is 14.1 Å². The molecule has 0 radical (unpaired) electrons. The number of rotatable bonds is 6. The number of benzene rings is 4. The summed E-state index contributed by atoms with van der Waals surface area (Å²) in [7, 11) is 0. The Morgan fingerprint density at radius 3 is 2.49 bits per heavy atom. The van der Waals surface area contributed by atoms with Gasteiger partial charge in [-0.1, -0.05) is 60.2 Å². The van der Waals surface area contributed by atoms with Crippen molar-refractivity contribution in [3.8, 4) is 17.3 Å². The number of hydrogen-bond donors (Lipinski definition) is 0. The largest absolute Gasteiger partial charge is 0.489 e. The Morgan fingerprint density at radius 2 is 1.68 bits per heavy atom. The number of para-hydroxylation sites is 2. The van der Waals surface area contributed by atoms with Crippen LogP contribution in [-0.4, -0.2) is 15.9 Å². The average Bonchev–Trinajstić information content (AvgIpc) is 3.37. The van der Waals surface area contributed by atoms with Gasteiger partial charge in [-0.15, -0.1) is 0 Å². The SMILES string of the molecule is Cc1ccc(COc2ccc(C=Nn3c(-c4cc5ccccc5o4)nc4ccccc4c3=O)cc2)cc1. The standard InChI is InChI=1S/C31H23N3O3/c1-21-10-12-23(13-11-21)20-36-25-16-14-22(15-17-25)19-32-34-30(29-18-24-6-2-5-9-28(24)37-29)33-27-8-4-3-7-26(27)31(34)35/h2-19H,20H2,1H3. The number of aromatic nitrogens is 2. The van der Waals surface area contributed by atoms with Crippen molar-refractivity contribution in [1.82, 2.24) is 9.66 Å². The second kappa shape index (κ2) is 9.59. The van der Waals surface area contributed by atoms with Gasteiger partial charge in [0.05, 0.1) is 17.1 Å². The number of ether oxygens (including phenoxy) is 1. The molecular weight excluding hydrogens is 462 g/mol. The molecule has 0 spiro atoms. The van der Waals surface area contributed by atoms with Gasteiger partial charge in [0.25, 0.3) is 5.56 Å². The molecule has 0 N–H and O–H groups in total. The molecule has 2 heterocycles. The molecule has 0 unspecified atom stereocenters. The molecule has 0 fully saturated rings. The number of hydrogen-bond acceptors (Lipinski definition) is 5. The summed E-state index contributed by atoms with van der Waals surface area (Å²) in [6.45, 7) is 2.55. The van der Waals surface area contributed by atoms with Gasteiger partial charge in [-0.2, -0.15) is 9.78 Å². The molecule has 0 aliphatic rings. The van der Waals surface area contributed by atoms with Crippen LogP contribution in [0.1, 0.15) is 16.7 Å². The van der Waals surface area contributed by atoms with E-state index in [1.165, 1.54) is 10.2 Å². The highest BCUT2D eigenvalue weighted by Gasteiger charge is 2.16. The Labute approximate surface area is 213 Å². The highest BCUT2D eigenvalue weighted by molar-refractivity contribution is 5.84. The van der Waals surface area contributed by atoms with Crippen LogP contribution < -0.4 is 10.3 Å². The van der Waals surface area contributed by atoms with E-state index >= 15 is 0 Å². The van der Waals surface area contributed by atoms with E-state index in [0.717, 1.165) is 27.8 Å². The van der Waals surface area contributed by atoms with Crippen molar-refractivity contribution in [3.05, 3.63) is 130 Å². The van der Waals surface area contributed by atoms with Gasteiger partial charge in [-0.3, -0.25) is 4.79 Å². The third-order valence-corrected chi connectivity index (χ3v) is 6.13. The van der Waals surface area contributed by atoms with Gasteiger partial charge >= 0.3 is 0 Å². The van der Waals surface area contributed by atoms with Crippen molar-refractivity contribution in [2.45, 2.75) is 13.5 Å². The van der Waals surface area contributed by atoms with E-state index in [1.807, 2.05) is 72.8 Å². The van der Waals surface area contributed by atoms with Crippen LogP contribution in [0.15, 0.2) is 117 Å². The third kappa shape index (κ3) is 4.65. The minimum absolute atomic E-state index is 0.268. The molecule has 6 rings (SSSR count). The van der Waals surface area contributed by atoms with Crippen LogP contribution in [0.5, 0.6) is 5.75 Å². The van der Waals surface area contributed by atoms with E-state index in [1.54, 1.807) is 12.3 Å². The zero-order chi connectivity index (χ0) is 25.2. The summed E-state index contributed by atoms with van der Waals surface area (Å²) in [6.07, 6.45) is 1.63. The average molecular weight is 486 g/mol. The highest BCUT2D eigenvalue weighted by atomic mass is 16.5. The van der Waals surface area contributed by atoms with Crippen molar-refractivity contribution in [1.29, 1.82) is 0 Å². The molecular formula is C31H23N3O3. The van der Waals surface area contributed by atoms with Crippen LogP contribution in [0.4, 0.5) is 0 Å². The summed E-state index contributed by atoms with van der Waals surface area (Å²) in [4.78, 5) is 18.1. The Bertz CT molecular complexity index is 1760. The second-order valence-corrected chi connectivity index (χ2v) is 8.81. The maximum absolute atomic E-state index is 13.4. The first kappa shape index (κ1) is 22.5. The molecule has 0 saturated heterocycles. The first-order valence-corrected chi connectivity index (χ1v) is 12.0. The molecule has 6 aromatic rings. The lowest BCUT2D eigenvalue weighted by Crippen LogP contribution is -2.20. The Kier molecular flexibility index (Phi) is 5.83. The van der Waals surface area contributed by atoms with Crippen LogP contribution in [0.2, 0.25) is 0 Å². The predicted molar refractivity (Wildman–Crippen MR) is 146 cm³/mol. The maximum Gasteiger partial charge on any atom is 0.282 e. The van der Waals surface area contributed by atoms with Crippen LogP contribution in [0.25, 0.3) is 33.5 Å². The van der Waals surface area contributed by atoms with E-state index < -0.39 is 0 Å². The van der Waals surface area contributed by atoms with Gasteiger partial charge in [0, 0.05) is 5.39 Å². The maximum atomic E-state index is 13.4. The van der Waals surface area contributed by atoms with Gasteiger partial charge in [-0.05, 0) is 66.6 Å². The molecule has 180 valence electrons. The van der Waals surface area contributed by atoms with Crippen molar-refractivity contribution in [2.24, 2.45) is 5.10 Å². The van der Waals surface area contributed by atoms with E-state index in [2.05, 4.69) is 36.3 Å². The molecule has 0 aliphatic carbocycles. The molecule has 0 saturated carbocycles. The van der Waals surface area contributed by atoms with Gasteiger partial charge in [0.2, 0.25) is 5.82 Å².